The molecule has 0 radical (unpaired) electrons. The van der Waals surface area contributed by atoms with Gasteiger partial charge in [-0.05, 0) is 37.9 Å². The van der Waals surface area contributed by atoms with Crippen LogP contribution in [0.3, 0.4) is 0 Å². The fourth-order valence-corrected chi connectivity index (χ4v) is 3.63. The number of thiazole rings is 1. The number of hydrogen-bond acceptors (Lipinski definition) is 6. The largest absolute Gasteiger partial charge is 0.308 e. The van der Waals surface area contributed by atoms with E-state index in [9.17, 15) is 19.3 Å². The maximum absolute atomic E-state index is 14.0. The van der Waals surface area contributed by atoms with Crippen LogP contribution >= 0.6 is 11.3 Å². The molecule has 0 atom stereocenters. The number of nitro benzene ring substituents is 1. The molecule has 150 valence electrons. The average Bonchev–Trinajstić information content (AvgIpc) is 3.12. The number of benzene rings is 2. The third kappa shape index (κ3) is 5.01. The van der Waals surface area contributed by atoms with Gasteiger partial charge in [-0.3, -0.25) is 19.8 Å². The Hall–Kier alpha value is -3.17. The second-order valence-corrected chi connectivity index (χ2v) is 7.57. The molecule has 2 aromatic carbocycles. The Morgan fingerprint density at radius 2 is 2.00 bits per heavy atom. The lowest BCUT2D eigenvalue weighted by Crippen LogP contribution is -2.35. The standard InChI is InChI=1S/C20H19FN4O3S/c1-23(2)11-12-24(20-22-19-16(21)7-4-8-17(19)29-20)18(26)10-9-14-5-3-6-15(13-14)25(27)28/h3-10,13H,11-12H2,1-2H3/b10-9+. The zero-order chi connectivity index (χ0) is 21.0. The third-order valence-electron chi connectivity index (χ3n) is 4.13. The van der Waals surface area contributed by atoms with Crippen molar-refractivity contribution in [1.29, 1.82) is 0 Å². The van der Waals surface area contributed by atoms with E-state index in [1.54, 1.807) is 24.3 Å². The predicted molar refractivity (Wildman–Crippen MR) is 113 cm³/mol. The summed E-state index contributed by atoms with van der Waals surface area (Å²) in [4.78, 5) is 31.0. The summed E-state index contributed by atoms with van der Waals surface area (Å²) in [6, 6.07) is 10.7. The van der Waals surface area contributed by atoms with Gasteiger partial charge in [0.25, 0.3) is 11.6 Å². The average molecular weight is 414 g/mol. The van der Waals surface area contributed by atoms with Crippen molar-refractivity contribution in [2.45, 2.75) is 0 Å². The number of carbonyl (C=O) groups excluding carboxylic acids is 1. The molecule has 0 N–H and O–H groups in total. The van der Waals surface area contributed by atoms with Crippen LogP contribution in [0.4, 0.5) is 15.2 Å². The number of carbonyl (C=O) groups is 1. The minimum absolute atomic E-state index is 0.0503. The third-order valence-corrected chi connectivity index (χ3v) is 5.17. The summed E-state index contributed by atoms with van der Waals surface area (Å²) in [7, 11) is 3.78. The van der Waals surface area contributed by atoms with Gasteiger partial charge >= 0.3 is 0 Å². The van der Waals surface area contributed by atoms with Gasteiger partial charge in [0, 0.05) is 31.3 Å². The molecule has 1 amide bonds. The highest BCUT2D eigenvalue weighted by atomic mass is 32.1. The zero-order valence-corrected chi connectivity index (χ0v) is 16.7. The minimum atomic E-state index is -0.488. The zero-order valence-electron chi connectivity index (χ0n) is 15.9. The summed E-state index contributed by atoms with van der Waals surface area (Å²) in [6.07, 6.45) is 2.86. The van der Waals surface area contributed by atoms with Crippen LogP contribution in [0.2, 0.25) is 0 Å². The summed E-state index contributed by atoms with van der Waals surface area (Å²) in [6.45, 7) is 0.960. The van der Waals surface area contributed by atoms with Crippen molar-refractivity contribution in [3.05, 3.63) is 70.0 Å². The summed E-state index contributed by atoms with van der Waals surface area (Å²) in [5.74, 6) is -0.769. The predicted octanol–water partition coefficient (Wildman–Crippen LogP) is 3.95. The molecule has 0 spiro atoms. The van der Waals surface area contributed by atoms with Crippen LogP contribution in [0.1, 0.15) is 5.56 Å². The normalized spacial score (nSPS) is 11.4. The Morgan fingerprint density at radius 1 is 1.24 bits per heavy atom. The number of nitro groups is 1. The van der Waals surface area contributed by atoms with Gasteiger partial charge in [0.2, 0.25) is 0 Å². The van der Waals surface area contributed by atoms with Gasteiger partial charge in [-0.2, -0.15) is 0 Å². The Kier molecular flexibility index (Phi) is 6.30. The lowest BCUT2D eigenvalue weighted by molar-refractivity contribution is -0.384. The number of anilines is 1. The van der Waals surface area contributed by atoms with Gasteiger partial charge in [-0.15, -0.1) is 0 Å². The first-order valence-electron chi connectivity index (χ1n) is 8.79. The van der Waals surface area contributed by atoms with Crippen molar-refractivity contribution in [2.24, 2.45) is 0 Å². The van der Waals surface area contributed by atoms with Crippen molar-refractivity contribution in [3.8, 4) is 0 Å². The number of aromatic nitrogens is 1. The number of amides is 1. The van der Waals surface area contributed by atoms with Crippen LogP contribution in [0, 0.1) is 15.9 Å². The van der Waals surface area contributed by atoms with E-state index in [2.05, 4.69) is 4.98 Å². The molecule has 0 bridgehead atoms. The molecule has 29 heavy (non-hydrogen) atoms. The number of fused-ring (bicyclic) bond motifs is 1. The molecule has 3 aromatic rings. The molecular formula is C20H19FN4O3S. The molecule has 0 saturated carbocycles. The number of non-ortho nitro benzene ring substituents is 1. The number of likely N-dealkylation sites (N-methyl/N-ethyl adjacent to an activating group) is 1. The SMILES string of the molecule is CN(C)CCN(C(=O)/C=C/c1cccc([N+](=O)[O-])c1)c1nc2c(F)cccc2s1. The highest BCUT2D eigenvalue weighted by Gasteiger charge is 2.19. The number of halogens is 1. The minimum Gasteiger partial charge on any atom is -0.308 e. The van der Waals surface area contributed by atoms with Crippen LogP contribution in [0.5, 0.6) is 0 Å². The monoisotopic (exact) mass is 414 g/mol. The molecule has 0 aliphatic rings. The molecule has 0 saturated heterocycles. The van der Waals surface area contributed by atoms with E-state index in [0.717, 1.165) is 0 Å². The van der Waals surface area contributed by atoms with Gasteiger partial charge < -0.3 is 4.90 Å². The molecule has 0 unspecified atom stereocenters. The van der Waals surface area contributed by atoms with E-state index in [4.69, 9.17) is 0 Å². The second-order valence-electron chi connectivity index (χ2n) is 6.56. The molecule has 0 aliphatic heterocycles. The molecule has 0 aliphatic carbocycles. The van der Waals surface area contributed by atoms with Crippen molar-refractivity contribution >= 4 is 44.4 Å². The first-order chi connectivity index (χ1) is 13.8. The van der Waals surface area contributed by atoms with E-state index in [-0.39, 0.29) is 17.1 Å². The second kappa shape index (κ2) is 8.89. The number of para-hydroxylation sites is 1. The molecule has 7 nitrogen and oxygen atoms in total. The molecule has 1 heterocycles. The lowest BCUT2D eigenvalue weighted by atomic mass is 10.2. The van der Waals surface area contributed by atoms with Gasteiger partial charge in [0.15, 0.2) is 5.13 Å². The van der Waals surface area contributed by atoms with Crippen molar-refractivity contribution in [1.82, 2.24) is 9.88 Å². The van der Waals surface area contributed by atoms with Crippen LogP contribution in [-0.2, 0) is 4.79 Å². The smallest absolute Gasteiger partial charge is 0.270 e. The molecule has 1 aromatic heterocycles. The van der Waals surface area contributed by atoms with E-state index < -0.39 is 10.7 Å². The Labute approximate surface area is 170 Å². The first kappa shape index (κ1) is 20.6. The maximum Gasteiger partial charge on any atom is 0.270 e. The van der Waals surface area contributed by atoms with E-state index >= 15 is 0 Å². The Bertz CT molecular complexity index is 1080. The van der Waals surface area contributed by atoms with Crippen molar-refractivity contribution < 1.29 is 14.1 Å². The first-order valence-corrected chi connectivity index (χ1v) is 9.60. The topological polar surface area (TPSA) is 79.6 Å². The number of nitrogens with zero attached hydrogens (tertiary/aromatic N) is 4. The Balaban J connectivity index is 1.89. The molecule has 9 heteroatoms. The summed E-state index contributed by atoms with van der Waals surface area (Å²) in [5.41, 5.74) is 0.721. The van der Waals surface area contributed by atoms with Crippen LogP contribution < -0.4 is 4.90 Å². The number of rotatable bonds is 7. The van der Waals surface area contributed by atoms with Crippen molar-refractivity contribution in [3.63, 3.8) is 0 Å². The highest BCUT2D eigenvalue weighted by molar-refractivity contribution is 7.22. The van der Waals surface area contributed by atoms with Crippen LogP contribution in [-0.4, -0.2) is 47.9 Å². The number of hydrogen-bond donors (Lipinski definition) is 0. The Morgan fingerprint density at radius 3 is 2.69 bits per heavy atom. The summed E-state index contributed by atoms with van der Waals surface area (Å²) >= 11 is 1.24. The van der Waals surface area contributed by atoms with E-state index in [1.165, 1.54) is 46.6 Å². The van der Waals surface area contributed by atoms with Gasteiger partial charge in [0.05, 0.1) is 9.62 Å². The summed E-state index contributed by atoms with van der Waals surface area (Å²) < 4.78 is 14.7. The van der Waals surface area contributed by atoms with Crippen molar-refractivity contribution in [2.75, 3.05) is 32.1 Å². The maximum atomic E-state index is 14.0. The van der Waals surface area contributed by atoms with Gasteiger partial charge in [0.1, 0.15) is 11.3 Å². The lowest BCUT2D eigenvalue weighted by Gasteiger charge is -2.20. The van der Waals surface area contributed by atoms with Gasteiger partial charge in [-0.1, -0.05) is 29.5 Å². The molecular weight excluding hydrogens is 395 g/mol. The van der Waals surface area contributed by atoms with E-state index in [0.29, 0.717) is 28.5 Å². The molecule has 0 fully saturated rings. The molecule has 3 rings (SSSR count). The van der Waals surface area contributed by atoms with Crippen LogP contribution in [0.15, 0.2) is 48.5 Å². The fourth-order valence-electron chi connectivity index (χ4n) is 2.62. The van der Waals surface area contributed by atoms with E-state index in [1.807, 2.05) is 19.0 Å². The van der Waals surface area contributed by atoms with Crippen LogP contribution in [0.25, 0.3) is 16.3 Å². The fraction of sp³-hybridized carbons (Fsp3) is 0.200. The highest BCUT2D eigenvalue weighted by Crippen LogP contribution is 2.30. The summed E-state index contributed by atoms with van der Waals surface area (Å²) in [5, 5.41) is 11.3. The van der Waals surface area contributed by atoms with Gasteiger partial charge in [-0.25, -0.2) is 9.37 Å². The quantitative estimate of drug-likeness (QED) is 0.332.